The number of carbonyl (C=O) groups excluding carboxylic acids is 1. The quantitative estimate of drug-likeness (QED) is 0.771. The SMILES string of the molecule is CCn1c(SC(C)C(=O)NC23CC4CC(CC(C4)C2)C3)nnc1C1CC1. The highest BCUT2D eigenvalue weighted by atomic mass is 32.2. The molecular weight excluding hydrogens is 344 g/mol. The van der Waals surface area contributed by atoms with Crippen molar-refractivity contribution in [3.05, 3.63) is 5.82 Å². The van der Waals surface area contributed by atoms with Crippen LogP contribution < -0.4 is 5.32 Å². The fourth-order valence-electron chi connectivity index (χ4n) is 6.17. The molecule has 5 aliphatic rings. The van der Waals surface area contributed by atoms with Gasteiger partial charge in [0.15, 0.2) is 5.16 Å². The third-order valence-corrected chi connectivity index (χ3v) is 8.16. The van der Waals surface area contributed by atoms with Gasteiger partial charge < -0.3 is 9.88 Å². The lowest BCUT2D eigenvalue weighted by Gasteiger charge is -2.57. The third kappa shape index (κ3) is 2.98. The molecule has 26 heavy (non-hydrogen) atoms. The second kappa shape index (κ2) is 6.25. The molecular formula is C20H30N4OS. The number of hydrogen-bond acceptors (Lipinski definition) is 4. The summed E-state index contributed by atoms with van der Waals surface area (Å²) in [6, 6.07) is 0. The van der Waals surface area contributed by atoms with E-state index in [0.717, 1.165) is 35.3 Å². The van der Waals surface area contributed by atoms with Gasteiger partial charge in [0.05, 0.1) is 5.25 Å². The number of carbonyl (C=O) groups is 1. The Bertz CT molecular complexity index is 675. The number of hydrogen-bond donors (Lipinski definition) is 1. The molecule has 0 saturated heterocycles. The Morgan fingerprint density at radius 3 is 2.35 bits per heavy atom. The first-order chi connectivity index (χ1) is 12.5. The molecule has 1 atom stereocenters. The minimum atomic E-state index is -0.121. The van der Waals surface area contributed by atoms with Crippen molar-refractivity contribution in [3.8, 4) is 0 Å². The molecule has 6 heteroatoms. The maximum atomic E-state index is 13.0. The minimum Gasteiger partial charge on any atom is -0.350 e. The van der Waals surface area contributed by atoms with Crippen LogP contribution in [0.3, 0.4) is 0 Å². The van der Waals surface area contributed by atoms with E-state index in [-0.39, 0.29) is 16.7 Å². The molecule has 1 heterocycles. The minimum absolute atomic E-state index is 0.0955. The van der Waals surface area contributed by atoms with E-state index in [9.17, 15) is 4.79 Å². The van der Waals surface area contributed by atoms with E-state index in [1.54, 1.807) is 11.8 Å². The van der Waals surface area contributed by atoms with Crippen molar-refractivity contribution in [3.63, 3.8) is 0 Å². The molecule has 5 aliphatic carbocycles. The number of rotatable bonds is 6. The van der Waals surface area contributed by atoms with Crippen LogP contribution >= 0.6 is 11.8 Å². The van der Waals surface area contributed by atoms with Crippen molar-refractivity contribution in [2.45, 2.75) is 93.6 Å². The molecule has 1 aromatic heterocycles. The molecule has 6 rings (SSSR count). The Hall–Kier alpha value is -1.04. The summed E-state index contributed by atoms with van der Waals surface area (Å²) in [4.78, 5) is 13.0. The second-order valence-electron chi connectivity index (χ2n) is 9.31. The standard InChI is InChI=1S/C20H30N4OS/c1-3-24-17(16-4-5-16)22-23-19(24)26-12(2)18(25)21-20-9-13-6-14(10-20)8-15(7-13)11-20/h12-16H,3-11H2,1-2H3,(H,21,25). The summed E-state index contributed by atoms with van der Waals surface area (Å²) in [6.07, 6.45) is 10.3. The van der Waals surface area contributed by atoms with Crippen molar-refractivity contribution >= 4 is 17.7 Å². The monoisotopic (exact) mass is 374 g/mol. The van der Waals surface area contributed by atoms with Crippen molar-refractivity contribution in [1.29, 1.82) is 0 Å². The normalized spacial score (nSPS) is 36.3. The molecule has 0 spiro atoms. The summed E-state index contributed by atoms with van der Waals surface area (Å²) in [6.45, 7) is 5.04. The number of aromatic nitrogens is 3. The maximum absolute atomic E-state index is 13.0. The summed E-state index contributed by atoms with van der Waals surface area (Å²) in [7, 11) is 0. The fraction of sp³-hybridized carbons (Fsp3) is 0.850. The molecule has 5 saturated carbocycles. The van der Waals surface area contributed by atoms with Gasteiger partial charge in [0, 0.05) is 18.0 Å². The molecule has 0 aliphatic heterocycles. The molecule has 1 N–H and O–H groups in total. The van der Waals surface area contributed by atoms with Gasteiger partial charge in [0.2, 0.25) is 5.91 Å². The zero-order valence-corrected chi connectivity index (χ0v) is 16.7. The molecule has 1 aromatic rings. The summed E-state index contributed by atoms with van der Waals surface area (Å²) < 4.78 is 2.21. The molecule has 0 aromatic carbocycles. The second-order valence-corrected chi connectivity index (χ2v) is 10.6. The number of thioether (sulfide) groups is 1. The van der Waals surface area contributed by atoms with Crippen LogP contribution in [0.5, 0.6) is 0 Å². The van der Waals surface area contributed by atoms with Crippen LogP contribution in [0.2, 0.25) is 0 Å². The van der Waals surface area contributed by atoms with Gasteiger partial charge in [-0.2, -0.15) is 0 Å². The first-order valence-corrected chi connectivity index (χ1v) is 11.3. The molecule has 0 radical (unpaired) electrons. The predicted molar refractivity (Wildman–Crippen MR) is 102 cm³/mol. The highest BCUT2D eigenvalue weighted by Crippen LogP contribution is 2.55. The lowest BCUT2D eigenvalue weighted by molar-refractivity contribution is -0.126. The number of nitrogens with one attached hydrogen (secondary N) is 1. The average Bonchev–Trinajstić information content (AvgIpc) is 3.34. The first kappa shape index (κ1) is 17.1. The highest BCUT2D eigenvalue weighted by Gasteiger charge is 2.51. The van der Waals surface area contributed by atoms with E-state index < -0.39 is 0 Å². The van der Waals surface area contributed by atoms with Crippen LogP contribution in [-0.2, 0) is 11.3 Å². The molecule has 1 amide bonds. The van der Waals surface area contributed by atoms with Crippen LogP contribution in [0.15, 0.2) is 5.16 Å². The van der Waals surface area contributed by atoms with Crippen LogP contribution in [0, 0.1) is 17.8 Å². The molecule has 1 unspecified atom stereocenters. The Kier molecular flexibility index (Phi) is 4.11. The van der Waals surface area contributed by atoms with E-state index in [1.807, 2.05) is 6.92 Å². The summed E-state index contributed by atoms with van der Waals surface area (Å²) in [5.74, 6) is 4.46. The Morgan fingerprint density at radius 2 is 1.81 bits per heavy atom. The molecule has 142 valence electrons. The topological polar surface area (TPSA) is 59.8 Å². The van der Waals surface area contributed by atoms with Crippen molar-refractivity contribution in [2.75, 3.05) is 0 Å². The van der Waals surface area contributed by atoms with E-state index in [4.69, 9.17) is 0 Å². The van der Waals surface area contributed by atoms with Gasteiger partial charge in [-0.1, -0.05) is 11.8 Å². The van der Waals surface area contributed by atoms with Crippen molar-refractivity contribution < 1.29 is 4.79 Å². The van der Waals surface area contributed by atoms with Gasteiger partial charge in [-0.25, -0.2) is 0 Å². The lowest BCUT2D eigenvalue weighted by Crippen LogP contribution is -2.60. The summed E-state index contributed by atoms with van der Waals surface area (Å²) >= 11 is 1.57. The Morgan fingerprint density at radius 1 is 1.19 bits per heavy atom. The van der Waals surface area contributed by atoms with Gasteiger partial charge in [-0.3, -0.25) is 4.79 Å². The van der Waals surface area contributed by atoms with E-state index >= 15 is 0 Å². The molecule has 4 bridgehead atoms. The van der Waals surface area contributed by atoms with E-state index in [0.29, 0.717) is 5.92 Å². The predicted octanol–water partition coefficient (Wildman–Crippen LogP) is 3.74. The lowest BCUT2D eigenvalue weighted by atomic mass is 9.53. The van der Waals surface area contributed by atoms with Crippen LogP contribution in [0.1, 0.15) is 77.0 Å². The number of amides is 1. The van der Waals surface area contributed by atoms with Crippen LogP contribution in [0.25, 0.3) is 0 Å². The Labute approximate surface area is 160 Å². The van der Waals surface area contributed by atoms with Gasteiger partial charge in [0.25, 0.3) is 0 Å². The largest absolute Gasteiger partial charge is 0.350 e. The number of nitrogens with zero attached hydrogens (tertiary/aromatic N) is 3. The zero-order chi connectivity index (χ0) is 17.9. The third-order valence-electron chi connectivity index (χ3n) is 7.08. The smallest absolute Gasteiger partial charge is 0.233 e. The van der Waals surface area contributed by atoms with Gasteiger partial charge in [-0.05, 0) is 83.0 Å². The highest BCUT2D eigenvalue weighted by molar-refractivity contribution is 8.00. The average molecular weight is 375 g/mol. The van der Waals surface area contributed by atoms with Crippen LogP contribution in [-0.4, -0.2) is 31.5 Å². The zero-order valence-electron chi connectivity index (χ0n) is 15.9. The summed E-state index contributed by atoms with van der Waals surface area (Å²) in [5, 5.41) is 13.1. The summed E-state index contributed by atoms with van der Waals surface area (Å²) in [5.41, 5.74) is 0.0955. The van der Waals surface area contributed by atoms with E-state index in [2.05, 4.69) is 27.0 Å². The van der Waals surface area contributed by atoms with Gasteiger partial charge >= 0.3 is 0 Å². The van der Waals surface area contributed by atoms with Gasteiger partial charge in [-0.15, -0.1) is 10.2 Å². The fourth-order valence-corrected chi connectivity index (χ4v) is 7.09. The molecule has 5 fully saturated rings. The van der Waals surface area contributed by atoms with Crippen molar-refractivity contribution in [1.82, 2.24) is 20.1 Å². The maximum Gasteiger partial charge on any atom is 0.233 e. The molecule has 5 nitrogen and oxygen atoms in total. The van der Waals surface area contributed by atoms with E-state index in [1.165, 1.54) is 51.4 Å². The van der Waals surface area contributed by atoms with Gasteiger partial charge in [0.1, 0.15) is 5.82 Å². The first-order valence-electron chi connectivity index (χ1n) is 10.5. The van der Waals surface area contributed by atoms with Crippen LogP contribution in [0.4, 0.5) is 0 Å². The van der Waals surface area contributed by atoms with Crippen molar-refractivity contribution in [2.24, 2.45) is 17.8 Å². The Balaban J connectivity index is 1.26.